The van der Waals surface area contributed by atoms with E-state index >= 15 is 0 Å². The molecule has 0 saturated carbocycles. The fourth-order valence-electron chi connectivity index (χ4n) is 1.29. The second kappa shape index (κ2) is 5.73. The Bertz CT molecular complexity index is 339. The lowest BCUT2D eigenvalue weighted by atomic mass is 10.1. The van der Waals surface area contributed by atoms with Gasteiger partial charge in [-0.1, -0.05) is 13.8 Å². The van der Waals surface area contributed by atoms with Gasteiger partial charge in [0.25, 0.3) is 0 Å². The van der Waals surface area contributed by atoms with E-state index in [4.69, 9.17) is 4.74 Å². The van der Waals surface area contributed by atoms with Gasteiger partial charge in [-0.3, -0.25) is 0 Å². The molecule has 1 atom stereocenters. The van der Waals surface area contributed by atoms with Crippen LogP contribution in [-0.2, 0) is 0 Å². The molecular formula is C13H20FNO. The van der Waals surface area contributed by atoms with E-state index in [0.29, 0.717) is 24.3 Å². The lowest BCUT2D eigenvalue weighted by Crippen LogP contribution is -2.21. The Labute approximate surface area is 96.8 Å². The zero-order valence-electron chi connectivity index (χ0n) is 10.4. The van der Waals surface area contributed by atoms with Crippen molar-refractivity contribution in [3.8, 4) is 5.75 Å². The number of hydrogen-bond donors (Lipinski definition) is 1. The highest BCUT2D eigenvalue weighted by atomic mass is 19.1. The molecule has 0 heterocycles. The number of nitrogens with one attached hydrogen (secondary N) is 1. The van der Waals surface area contributed by atoms with Gasteiger partial charge < -0.3 is 10.1 Å². The maximum absolute atomic E-state index is 13.5. The minimum absolute atomic E-state index is 0.310. The third kappa shape index (κ3) is 3.40. The van der Waals surface area contributed by atoms with Crippen LogP contribution in [0.4, 0.5) is 10.1 Å². The molecule has 90 valence electrons. The Hall–Kier alpha value is -1.25. The predicted molar refractivity (Wildman–Crippen MR) is 65.5 cm³/mol. The van der Waals surface area contributed by atoms with E-state index in [-0.39, 0.29) is 5.82 Å². The highest BCUT2D eigenvalue weighted by Crippen LogP contribution is 2.22. The predicted octanol–water partition coefficient (Wildman–Crippen LogP) is 3.68. The molecule has 1 aromatic rings. The van der Waals surface area contributed by atoms with Gasteiger partial charge in [-0.15, -0.1) is 0 Å². The van der Waals surface area contributed by atoms with Crippen molar-refractivity contribution in [2.75, 3.05) is 11.9 Å². The molecule has 16 heavy (non-hydrogen) atoms. The summed E-state index contributed by atoms with van der Waals surface area (Å²) in [5.41, 5.74) is 0.794. The van der Waals surface area contributed by atoms with E-state index in [9.17, 15) is 4.39 Å². The molecule has 0 amide bonds. The maximum atomic E-state index is 13.5. The van der Waals surface area contributed by atoms with Crippen molar-refractivity contribution >= 4 is 5.69 Å². The molecular weight excluding hydrogens is 205 g/mol. The average Bonchev–Trinajstić information content (AvgIpc) is 2.22. The van der Waals surface area contributed by atoms with Gasteiger partial charge in [0.05, 0.1) is 6.61 Å². The highest BCUT2D eigenvalue weighted by Gasteiger charge is 2.09. The molecule has 1 aromatic carbocycles. The molecule has 0 radical (unpaired) electrons. The van der Waals surface area contributed by atoms with Gasteiger partial charge in [0.2, 0.25) is 0 Å². The summed E-state index contributed by atoms with van der Waals surface area (Å²) in [6, 6.07) is 5.29. The molecule has 0 aromatic heterocycles. The van der Waals surface area contributed by atoms with E-state index < -0.39 is 0 Å². The first-order valence-electron chi connectivity index (χ1n) is 5.73. The van der Waals surface area contributed by atoms with Gasteiger partial charge in [-0.05, 0) is 31.9 Å². The second-order valence-electron chi connectivity index (χ2n) is 4.26. The fourth-order valence-corrected chi connectivity index (χ4v) is 1.29. The number of ether oxygens (including phenoxy) is 1. The molecule has 0 fully saturated rings. The van der Waals surface area contributed by atoms with Crippen molar-refractivity contribution in [2.45, 2.75) is 33.7 Å². The van der Waals surface area contributed by atoms with E-state index in [0.717, 1.165) is 5.69 Å². The van der Waals surface area contributed by atoms with Crippen LogP contribution >= 0.6 is 0 Å². The highest BCUT2D eigenvalue weighted by molar-refractivity contribution is 5.47. The van der Waals surface area contributed by atoms with Crippen molar-refractivity contribution in [2.24, 2.45) is 5.92 Å². The van der Waals surface area contributed by atoms with Crippen molar-refractivity contribution in [1.82, 2.24) is 0 Å². The Morgan fingerprint density at radius 3 is 2.50 bits per heavy atom. The molecule has 3 heteroatoms. The third-order valence-electron chi connectivity index (χ3n) is 2.63. The zero-order valence-corrected chi connectivity index (χ0v) is 10.4. The summed E-state index contributed by atoms with van der Waals surface area (Å²) >= 11 is 0. The summed E-state index contributed by atoms with van der Waals surface area (Å²) in [4.78, 5) is 0. The van der Waals surface area contributed by atoms with Gasteiger partial charge >= 0.3 is 0 Å². The minimum atomic E-state index is -0.317. The van der Waals surface area contributed by atoms with Crippen LogP contribution in [0.3, 0.4) is 0 Å². The van der Waals surface area contributed by atoms with Crippen LogP contribution in [0.25, 0.3) is 0 Å². The summed E-state index contributed by atoms with van der Waals surface area (Å²) in [6.07, 6.45) is 0. The van der Waals surface area contributed by atoms with Crippen LogP contribution in [0.5, 0.6) is 5.75 Å². The van der Waals surface area contributed by atoms with Gasteiger partial charge in [-0.2, -0.15) is 0 Å². The lowest BCUT2D eigenvalue weighted by Gasteiger charge is -2.19. The number of rotatable bonds is 5. The van der Waals surface area contributed by atoms with Crippen LogP contribution in [-0.4, -0.2) is 12.6 Å². The Morgan fingerprint density at radius 2 is 2.00 bits per heavy atom. The van der Waals surface area contributed by atoms with Gasteiger partial charge in [0, 0.05) is 17.8 Å². The molecule has 2 nitrogen and oxygen atoms in total. The standard InChI is InChI=1S/C13H20FNO/c1-5-16-13-7-6-11(8-12(13)14)15-10(4)9(2)3/h6-10,15H,5H2,1-4H3. The van der Waals surface area contributed by atoms with Crippen LogP contribution in [0.2, 0.25) is 0 Å². The molecule has 0 saturated heterocycles. The van der Waals surface area contributed by atoms with E-state index in [1.54, 1.807) is 6.07 Å². The van der Waals surface area contributed by atoms with Gasteiger partial charge in [0.15, 0.2) is 11.6 Å². The minimum Gasteiger partial charge on any atom is -0.491 e. The number of anilines is 1. The Balaban J connectivity index is 2.73. The largest absolute Gasteiger partial charge is 0.491 e. The van der Waals surface area contributed by atoms with E-state index in [2.05, 4.69) is 26.1 Å². The molecule has 1 N–H and O–H groups in total. The van der Waals surface area contributed by atoms with Gasteiger partial charge in [-0.25, -0.2) is 4.39 Å². The van der Waals surface area contributed by atoms with Crippen molar-refractivity contribution in [1.29, 1.82) is 0 Å². The van der Waals surface area contributed by atoms with Crippen LogP contribution in [0.1, 0.15) is 27.7 Å². The summed E-state index contributed by atoms with van der Waals surface area (Å²) in [5.74, 6) is 0.502. The number of halogens is 1. The first-order chi connectivity index (χ1) is 7.54. The third-order valence-corrected chi connectivity index (χ3v) is 2.63. The first kappa shape index (κ1) is 12.8. The summed E-state index contributed by atoms with van der Waals surface area (Å²) in [7, 11) is 0. The van der Waals surface area contributed by atoms with Crippen molar-refractivity contribution in [3.63, 3.8) is 0 Å². The normalized spacial score (nSPS) is 12.6. The zero-order chi connectivity index (χ0) is 12.1. The Kier molecular flexibility index (Phi) is 4.59. The van der Waals surface area contributed by atoms with E-state index in [1.165, 1.54) is 6.07 Å². The maximum Gasteiger partial charge on any atom is 0.167 e. The lowest BCUT2D eigenvalue weighted by molar-refractivity contribution is 0.321. The topological polar surface area (TPSA) is 21.3 Å². The number of hydrogen-bond acceptors (Lipinski definition) is 2. The quantitative estimate of drug-likeness (QED) is 0.825. The second-order valence-corrected chi connectivity index (χ2v) is 4.26. The fraction of sp³-hybridized carbons (Fsp3) is 0.538. The smallest absolute Gasteiger partial charge is 0.167 e. The molecule has 0 aliphatic heterocycles. The summed E-state index contributed by atoms with van der Waals surface area (Å²) in [6.45, 7) is 8.66. The van der Waals surface area contributed by atoms with Crippen molar-refractivity contribution in [3.05, 3.63) is 24.0 Å². The van der Waals surface area contributed by atoms with E-state index in [1.807, 2.05) is 13.0 Å². The van der Waals surface area contributed by atoms with Crippen molar-refractivity contribution < 1.29 is 9.13 Å². The average molecular weight is 225 g/mol. The van der Waals surface area contributed by atoms with Crippen LogP contribution in [0, 0.1) is 11.7 Å². The molecule has 0 aliphatic carbocycles. The monoisotopic (exact) mass is 225 g/mol. The van der Waals surface area contributed by atoms with Gasteiger partial charge in [0.1, 0.15) is 0 Å². The molecule has 1 rings (SSSR count). The first-order valence-corrected chi connectivity index (χ1v) is 5.73. The Morgan fingerprint density at radius 1 is 1.31 bits per heavy atom. The number of benzene rings is 1. The molecule has 1 unspecified atom stereocenters. The van der Waals surface area contributed by atoms with Crippen LogP contribution < -0.4 is 10.1 Å². The molecule has 0 spiro atoms. The molecule has 0 bridgehead atoms. The summed E-state index contributed by atoms with van der Waals surface area (Å²) in [5, 5.41) is 3.26. The van der Waals surface area contributed by atoms with Crippen LogP contribution in [0.15, 0.2) is 18.2 Å². The SMILES string of the molecule is CCOc1ccc(NC(C)C(C)C)cc1F. The molecule has 0 aliphatic rings. The summed E-state index contributed by atoms with van der Waals surface area (Å²) < 4.78 is 18.7.